The third kappa shape index (κ3) is 4.29. The average Bonchev–Trinajstić information content (AvgIpc) is 3.21. The monoisotopic (exact) mass is 368 g/mol. The molecule has 2 atom stereocenters. The van der Waals surface area contributed by atoms with Gasteiger partial charge in [-0.15, -0.1) is 5.10 Å². The number of carbonyl (C=O) groups excluding carboxylic acids is 2. The number of ether oxygens (including phenoxy) is 1. The molecular weight excluding hydrogens is 343 g/mol. The topological polar surface area (TPSA) is 92.6 Å². The molecule has 9 nitrogen and oxygen atoms in total. The predicted molar refractivity (Wildman–Crippen MR) is 90.4 cm³/mol. The van der Waals surface area contributed by atoms with Crippen molar-refractivity contribution in [2.24, 2.45) is 0 Å². The number of carbonyl (C=O) groups is 2. The highest BCUT2D eigenvalue weighted by atomic mass is 19.1. The summed E-state index contributed by atoms with van der Waals surface area (Å²) in [4.78, 5) is 27.9. The number of nitrogens with one attached hydrogen (secondary N) is 1. The van der Waals surface area contributed by atoms with Gasteiger partial charge in [0.05, 0.1) is 38.5 Å². The fraction of sp³-hybridized carbons (Fsp3) is 0.750. The van der Waals surface area contributed by atoms with Crippen molar-refractivity contribution in [2.75, 3.05) is 32.8 Å². The van der Waals surface area contributed by atoms with Gasteiger partial charge >= 0.3 is 6.03 Å². The number of nitrogens with zero attached hydrogens (tertiary/aromatic N) is 5. The second-order valence-electron chi connectivity index (χ2n) is 6.98. The summed E-state index contributed by atoms with van der Waals surface area (Å²) in [7, 11) is 0. The number of hydrogen-bond donors (Lipinski definition) is 1. The molecule has 2 fully saturated rings. The Kier molecular flexibility index (Phi) is 5.70. The van der Waals surface area contributed by atoms with Crippen LogP contribution >= 0.6 is 0 Å². The van der Waals surface area contributed by atoms with Gasteiger partial charge in [-0.3, -0.25) is 4.79 Å². The molecule has 0 bridgehead atoms. The zero-order valence-electron chi connectivity index (χ0n) is 15.1. The smallest absolute Gasteiger partial charge is 0.320 e. The van der Waals surface area contributed by atoms with Crippen molar-refractivity contribution in [3.05, 3.63) is 11.9 Å². The van der Waals surface area contributed by atoms with Gasteiger partial charge in [0, 0.05) is 25.6 Å². The third-order valence-electron chi connectivity index (χ3n) is 4.48. The molecule has 1 aromatic rings. The highest BCUT2D eigenvalue weighted by Gasteiger charge is 2.38. The quantitative estimate of drug-likeness (QED) is 0.824. The molecule has 3 rings (SSSR count). The summed E-state index contributed by atoms with van der Waals surface area (Å²) in [5, 5.41) is 10.6. The Bertz CT molecular complexity index is 646. The first-order chi connectivity index (χ1) is 12.4. The molecule has 0 aromatic carbocycles. The van der Waals surface area contributed by atoms with Gasteiger partial charge in [0.25, 0.3) is 5.91 Å². The number of urea groups is 1. The molecule has 3 heterocycles. The highest BCUT2D eigenvalue weighted by Crippen LogP contribution is 2.23. The first-order valence-electron chi connectivity index (χ1n) is 8.92. The normalized spacial score (nSPS) is 23.5. The van der Waals surface area contributed by atoms with Crippen LogP contribution < -0.4 is 5.32 Å². The zero-order valence-corrected chi connectivity index (χ0v) is 15.1. The van der Waals surface area contributed by atoms with Crippen molar-refractivity contribution < 1.29 is 18.7 Å². The minimum atomic E-state index is -1.06. The lowest BCUT2D eigenvalue weighted by Crippen LogP contribution is -2.50. The second-order valence-corrected chi connectivity index (χ2v) is 6.98. The fourth-order valence-corrected chi connectivity index (χ4v) is 3.25. The maximum Gasteiger partial charge on any atom is 0.320 e. The summed E-state index contributed by atoms with van der Waals surface area (Å²) < 4.78 is 20.7. The Hall–Kier alpha value is -2.23. The first kappa shape index (κ1) is 18.6. The summed E-state index contributed by atoms with van der Waals surface area (Å²) in [6.45, 7) is 6.13. The van der Waals surface area contributed by atoms with Crippen molar-refractivity contribution >= 4 is 11.9 Å². The molecule has 3 amide bonds. The van der Waals surface area contributed by atoms with Gasteiger partial charge < -0.3 is 19.9 Å². The number of likely N-dealkylation sites (tertiary alicyclic amines) is 1. The van der Waals surface area contributed by atoms with Crippen LogP contribution in [-0.2, 0) is 11.3 Å². The number of amides is 3. The molecule has 2 aliphatic rings. The number of morpholine rings is 1. The lowest BCUT2D eigenvalue weighted by molar-refractivity contribution is 0.0411. The molecule has 26 heavy (non-hydrogen) atoms. The van der Waals surface area contributed by atoms with E-state index in [1.54, 1.807) is 9.80 Å². The average molecular weight is 368 g/mol. The predicted octanol–water partition coefficient (Wildman–Crippen LogP) is 0.281. The molecule has 0 saturated carbocycles. The number of rotatable bonds is 4. The van der Waals surface area contributed by atoms with Crippen LogP contribution in [0.25, 0.3) is 0 Å². The largest absolute Gasteiger partial charge is 0.378 e. The Labute approximate surface area is 151 Å². The van der Waals surface area contributed by atoms with E-state index in [1.807, 2.05) is 13.8 Å². The Morgan fingerprint density at radius 1 is 1.38 bits per heavy atom. The number of alkyl halides is 1. The SMILES string of the molecule is CC(C)NC(=O)c1cn(C[C@@H]2C[C@H](F)CN2C(=O)N2CCOCC2)nn1. The summed E-state index contributed by atoms with van der Waals surface area (Å²) in [5.41, 5.74) is 0.208. The van der Waals surface area contributed by atoms with Crippen LogP contribution in [0.4, 0.5) is 9.18 Å². The van der Waals surface area contributed by atoms with E-state index in [9.17, 15) is 14.0 Å². The van der Waals surface area contributed by atoms with Crippen LogP contribution in [0.3, 0.4) is 0 Å². The van der Waals surface area contributed by atoms with E-state index in [0.717, 1.165) is 0 Å². The van der Waals surface area contributed by atoms with E-state index in [-0.39, 0.29) is 42.7 Å². The molecular formula is C16H25FN6O3. The standard InChI is InChI=1S/C16H25FN6O3/c1-11(2)18-15(24)14-10-22(20-19-14)9-13-7-12(17)8-23(13)16(25)21-3-5-26-6-4-21/h10-13H,3-9H2,1-2H3,(H,18,24)/t12-,13-/m0/s1. The molecule has 1 N–H and O–H groups in total. The van der Waals surface area contributed by atoms with E-state index in [1.165, 1.54) is 10.9 Å². The molecule has 2 aliphatic heterocycles. The minimum Gasteiger partial charge on any atom is -0.378 e. The van der Waals surface area contributed by atoms with Gasteiger partial charge in [-0.05, 0) is 13.8 Å². The fourth-order valence-electron chi connectivity index (χ4n) is 3.25. The highest BCUT2D eigenvalue weighted by molar-refractivity contribution is 5.91. The molecule has 2 saturated heterocycles. The van der Waals surface area contributed by atoms with E-state index < -0.39 is 6.17 Å². The van der Waals surface area contributed by atoms with Crippen LogP contribution in [-0.4, -0.2) is 87.8 Å². The van der Waals surface area contributed by atoms with Crippen LogP contribution in [0.5, 0.6) is 0 Å². The number of aromatic nitrogens is 3. The molecule has 1 aromatic heterocycles. The summed E-state index contributed by atoms with van der Waals surface area (Å²) >= 11 is 0. The first-order valence-corrected chi connectivity index (χ1v) is 8.92. The molecule has 0 spiro atoms. The Morgan fingerprint density at radius 2 is 2.12 bits per heavy atom. The van der Waals surface area contributed by atoms with Gasteiger partial charge in [0.2, 0.25) is 0 Å². The van der Waals surface area contributed by atoms with Gasteiger partial charge in [0.15, 0.2) is 5.69 Å². The second kappa shape index (κ2) is 7.98. The molecule has 0 radical (unpaired) electrons. The van der Waals surface area contributed by atoms with E-state index in [2.05, 4.69) is 15.6 Å². The van der Waals surface area contributed by atoms with Crippen molar-refractivity contribution in [1.29, 1.82) is 0 Å². The maximum absolute atomic E-state index is 14.0. The summed E-state index contributed by atoms with van der Waals surface area (Å²) in [6, 6.07) is -0.490. The lowest BCUT2D eigenvalue weighted by Gasteiger charge is -2.33. The van der Waals surface area contributed by atoms with Crippen LogP contribution in [0, 0.1) is 0 Å². The maximum atomic E-state index is 14.0. The minimum absolute atomic E-state index is 0.00332. The van der Waals surface area contributed by atoms with Crippen LogP contribution in [0.2, 0.25) is 0 Å². The van der Waals surface area contributed by atoms with Crippen molar-refractivity contribution in [2.45, 2.75) is 45.1 Å². The van der Waals surface area contributed by atoms with E-state index >= 15 is 0 Å². The van der Waals surface area contributed by atoms with Crippen molar-refractivity contribution in [3.63, 3.8) is 0 Å². The molecule has 0 aliphatic carbocycles. The number of halogens is 1. The Morgan fingerprint density at radius 3 is 2.81 bits per heavy atom. The van der Waals surface area contributed by atoms with Crippen molar-refractivity contribution in [1.82, 2.24) is 30.1 Å². The molecule has 0 unspecified atom stereocenters. The van der Waals surface area contributed by atoms with E-state index in [4.69, 9.17) is 4.74 Å². The van der Waals surface area contributed by atoms with Crippen molar-refractivity contribution in [3.8, 4) is 0 Å². The van der Waals surface area contributed by atoms with Crippen LogP contribution in [0.1, 0.15) is 30.8 Å². The van der Waals surface area contributed by atoms with E-state index in [0.29, 0.717) is 32.8 Å². The molecule has 10 heteroatoms. The van der Waals surface area contributed by atoms with Gasteiger partial charge in [-0.2, -0.15) is 0 Å². The summed E-state index contributed by atoms with van der Waals surface area (Å²) in [5.74, 6) is -0.303. The van der Waals surface area contributed by atoms with Gasteiger partial charge in [-0.1, -0.05) is 5.21 Å². The van der Waals surface area contributed by atoms with Gasteiger partial charge in [-0.25, -0.2) is 13.9 Å². The van der Waals surface area contributed by atoms with Crippen LogP contribution in [0.15, 0.2) is 6.20 Å². The third-order valence-corrected chi connectivity index (χ3v) is 4.48. The van der Waals surface area contributed by atoms with Gasteiger partial charge in [0.1, 0.15) is 6.17 Å². The lowest BCUT2D eigenvalue weighted by atomic mass is 10.2. The number of hydrogen-bond acceptors (Lipinski definition) is 5. The Balaban J connectivity index is 1.64. The zero-order chi connectivity index (χ0) is 18.7. The molecule has 144 valence electrons. The summed E-state index contributed by atoms with van der Waals surface area (Å²) in [6.07, 6.45) is 0.724.